The smallest absolute Gasteiger partial charge is 0.309 e. The van der Waals surface area contributed by atoms with Crippen molar-refractivity contribution in [2.75, 3.05) is 0 Å². The molecule has 0 aliphatic rings. The summed E-state index contributed by atoms with van der Waals surface area (Å²) >= 11 is 0. The predicted molar refractivity (Wildman–Crippen MR) is 60.0 cm³/mol. The molecule has 4 heteroatoms. The fraction of sp³-hybridized carbons (Fsp3) is 0.167. The van der Waals surface area contributed by atoms with E-state index in [0.717, 1.165) is 17.0 Å². The van der Waals surface area contributed by atoms with E-state index in [-0.39, 0.29) is 6.42 Å². The Morgan fingerprint density at radius 1 is 1.31 bits per heavy atom. The van der Waals surface area contributed by atoms with Crippen LogP contribution < -0.4 is 0 Å². The number of aromatic nitrogens is 2. The molecule has 0 radical (unpaired) electrons. The lowest BCUT2D eigenvalue weighted by Crippen LogP contribution is -2.05. The van der Waals surface area contributed by atoms with E-state index >= 15 is 0 Å². The molecule has 4 nitrogen and oxygen atoms in total. The molecule has 82 valence electrons. The first-order chi connectivity index (χ1) is 7.68. The fourth-order valence-corrected chi connectivity index (χ4v) is 1.70. The second-order valence-corrected chi connectivity index (χ2v) is 3.58. The normalized spacial score (nSPS) is 10.3. The molecule has 0 fully saturated rings. The summed E-state index contributed by atoms with van der Waals surface area (Å²) in [5, 5.41) is 8.75. The molecule has 0 aromatic carbocycles. The Bertz CT molecular complexity index is 503. The molecule has 0 spiro atoms. The van der Waals surface area contributed by atoms with Crippen molar-refractivity contribution < 1.29 is 9.90 Å². The number of hydrogen-bond donors (Lipinski definition) is 1. The topological polar surface area (TPSA) is 55.1 Å². The fourth-order valence-electron chi connectivity index (χ4n) is 1.70. The van der Waals surface area contributed by atoms with Crippen LogP contribution >= 0.6 is 0 Å². The number of carbonyl (C=O) groups is 1. The highest BCUT2D eigenvalue weighted by molar-refractivity contribution is 5.71. The van der Waals surface area contributed by atoms with Crippen molar-refractivity contribution in [3.05, 3.63) is 42.4 Å². The lowest BCUT2D eigenvalue weighted by molar-refractivity contribution is -0.136. The molecule has 2 aromatic rings. The Balaban J connectivity index is 2.37. The molecule has 2 rings (SSSR count). The minimum Gasteiger partial charge on any atom is -0.481 e. The minimum atomic E-state index is -0.817. The van der Waals surface area contributed by atoms with E-state index < -0.39 is 5.97 Å². The molecule has 2 heterocycles. The Morgan fingerprint density at radius 3 is 2.62 bits per heavy atom. The molecule has 0 bridgehead atoms. The van der Waals surface area contributed by atoms with Crippen molar-refractivity contribution in [3.8, 4) is 11.3 Å². The van der Waals surface area contributed by atoms with Crippen molar-refractivity contribution in [3.63, 3.8) is 0 Å². The van der Waals surface area contributed by atoms with Crippen molar-refractivity contribution in [1.82, 2.24) is 9.55 Å². The first-order valence-corrected chi connectivity index (χ1v) is 4.95. The van der Waals surface area contributed by atoms with E-state index in [1.807, 2.05) is 35.9 Å². The third kappa shape index (κ3) is 1.95. The summed E-state index contributed by atoms with van der Waals surface area (Å²) in [5.74, 6) is -0.817. The summed E-state index contributed by atoms with van der Waals surface area (Å²) in [6.45, 7) is 0. The SMILES string of the molecule is Cn1c(CC(=O)O)ccc1-c1ccncc1. The quantitative estimate of drug-likeness (QED) is 0.849. The Kier molecular flexibility index (Phi) is 2.72. The maximum absolute atomic E-state index is 10.6. The van der Waals surface area contributed by atoms with E-state index in [9.17, 15) is 4.79 Å². The minimum absolute atomic E-state index is 0.0432. The molecule has 0 aliphatic heterocycles. The van der Waals surface area contributed by atoms with E-state index in [4.69, 9.17) is 5.11 Å². The molecule has 0 unspecified atom stereocenters. The van der Waals surface area contributed by atoms with Crippen molar-refractivity contribution >= 4 is 5.97 Å². The molecular weight excluding hydrogens is 204 g/mol. The number of rotatable bonds is 3. The van der Waals surface area contributed by atoms with Gasteiger partial charge in [-0.2, -0.15) is 0 Å². The van der Waals surface area contributed by atoms with Gasteiger partial charge in [0.15, 0.2) is 0 Å². The first kappa shape index (κ1) is 10.4. The number of carboxylic acid groups (broad SMARTS) is 1. The van der Waals surface area contributed by atoms with Crippen LogP contribution in [0.15, 0.2) is 36.7 Å². The number of aliphatic carboxylic acids is 1. The first-order valence-electron chi connectivity index (χ1n) is 4.95. The summed E-state index contributed by atoms with van der Waals surface area (Å²) in [6.07, 6.45) is 3.49. The van der Waals surface area contributed by atoms with Gasteiger partial charge in [0.1, 0.15) is 0 Å². The van der Waals surface area contributed by atoms with E-state index in [2.05, 4.69) is 4.98 Å². The van der Waals surface area contributed by atoms with Gasteiger partial charge in [-0.25, -0.2) is 0 Å². The van der Waals surface area contributed by atoms with Crippen LogP contribution in [0.3, 0.4) is 0 Å². The highest BCUT2D eigenvalue weighted by atomic mass is 16.4. The second-order valence-electron chi connectivity index (χ2n) is 3.58. The standard InChI is InChI=1S/C12H12N2O2/c1-14-10(8-12(15)16)2-3-11(14)9-4-6-13-7-5-9/h2-7H,8H2,1H3,(H,15,16). The molecule has 2 aromatic heterocycles. The Hall–Kier alpha value is -2.10. The van der Waals surface area contributed by atoms with Crippen molar-refractivity contribution in [1.29, 1.82) is 0 Å². The summed E-state index contributed by atoms with van der Waals surface area (Å²) in [5.41, 5.74) is 2.83. The highest BCUT2D eigenvalue weighted by Crippen LogP contribution is 2.20. The lowest BCUT2D eigenvalue weighted by atomic mass is 10.2. The van der Waals surface area contributed by atoms with Gasteiger partial charge in [-0.05, 0) is 24.3 Å². The van der Waals surface area contributed by atoms with Crippen LogP contribution in [0, 0.1) is 0 Å². The van der Waals surface area contributed by atoms with Gasteiger partial charge in [0.2, 0.25) is 0 Å². The van der Waals surface area contributed by atoms with Crippen LogP contribution in [0.5, 0.6) is 0 Å². The molecule has 0 amide bonds. The van der Waals surface area contributed by atoms with Crippen LogP contribution in [0.4, 0.5) is 0 Å². The average molecular weight is 216 g/mol. The maximum Gasteiger partial charge on any atom is 0.309 e. The number of nitrogens with zero attached hydrogens (tertiary/aromatic N) is 2. The van der Waals surface area contributed by atoms with Gasteiger partial charge in [-0.3, -0.25) is 9.78 Å². The highest BCUT2D eigenvalue weighted by Gasteiger charge is 2.09. The van der Waals surface area contributed by atoms with Crippen LogP contribution in [0.25, 0.3) is 11.3 Å². The Labute approximate surface area is 93.2 Å². The van der Waals surface area contributed by atoms with Crippen molar-refractivity contribution in [2.45, 2.75) is 6.42 Å². The zero-order valence-corrected chi connectivity index (χ0v) is 8.92. The van der Waals surface area contributed by atoms with E-state index in [1.54, 1.807) is 12.4 Å². The van der Waals surface area contributed by atoms with Gasteiger partial charge in [0, 0.05) is 36.4 Å². The maximum atomic E-state index is 10.6. The van der Waals surface area contributed by atoms with Gasteiger partial charge in [0.25, 0.3) is 0 Å². The summed E-state index contributed by atoms with van der Waals surface area (Å²) in [4.78, 5) is 14.6. The molecule has 16 heavy (non-hydrogen) atoms. The molecule has 0 atom stereocenters. The number of hydrogen-bond acceptors (Lipinski definition) is 2. The third-order valence-corrected chi connectivity index (χ3v) is 2.53. The van der Waals surface area contributed by atoms with Gasteiger partial charge < -0.3 is 9.67 Å². The van der Waals surface area contributed by atoms with Gasteiger partial charge in [-0.1, -0.05) is 0 Å². The number of pyridine rings is 1. The van der Waals surface area contributed by atoms with Gasteiger partial charge in [-0.15, -0.1) is 0 Å². The van der Waals surface area contributed by atoms with Crippen molar-refractivity contribution in [2.24, 2.45) is 7.05 Å². The molecule has 1 N–H and O–H groups in total. The second kappa shape index (κ2) is 4.18. The third-order valence-electron chi connectivity index (χ3n) is 2.53. The molecule has 0 saturated heterocycles. The Morgan fingerprint density at radius 2 is 2.00 bits per heavy atom. The monoisotopic (exact) mass is 216 g/mol. The lowest BCUT2D eigenvalue weighted by Gasteiger charge is -2.06. The van der Waals surface area contributed by atoms with Gasteiger partial charge >= 0.3 is 5.97 Å². The molecule has 0 saturated carbocycles. The van der Waals surface area contributed by atoms with Crippen LogP contribution in [0.1, 0.15) is 5.69 Å². The van der Waals surface area contributed by atoms with E-state index in [0.29, 0.717) is 0 Å². The largest absolute Gasteiger partial charge is 0.481 e. The zero-order valence-electron chi connectivity index (χ0n) is 8.92. The van der Waals surface area contributed by atoms with Crippen LogP contribution in [-0.2, 0) is 18.3 Å². The summed E-state index contributed by atoms with van der Waals surface area (Å²) < 4.78 is 1.89. The van der Waals surface area contributed by atoms with Gasteiger partial charge in [0.05, 0.1) is 6.42 Å². The summed E-state index contributed by atoms with van der Waals surface area (Å²) in [7, 11) is 1.87. The summed E-state index contributed by atoms with van der Waals surface area (Å²) in [6, 6.07) is 7.57. The molecular formula is C12H12N2O2. The number of carboxylic acids is 1. The molecule has 0 aliphatic carbocycles. The predicted octanol–water partition coefficient (Wildman–Crippen LogP) is 1.71. The van der Waals surface area contributed by atoms with Crippen LogP contribution in [0.2, 0.25) is 0 Å². The average Bonchev–Trinajstić information content (AvgIpc) is 2.61. The zero-order chi connectivity index (χ0) is 11.5. The van der Waals surface area contributed by atoms with Crippen LogP contribution in [-0.4, -0.2) is 20.6 Å². The van der Waals surface area contributed by atoms with E-state index in [1.165, 1.54) is 0 Å².